The quantitative estimate of drug-likeness (QED) is 0.367. The Balaban J connectivity index is 2.82. The van der Waals surface area contributed by atoms with Crippen LogP contribution in [0.2, 0.25) is 0 Å². The second-order valence-corrected chi connectivity index (χ2v) is 3.12. The van der Waals surface area contributed by atoms with Gasteiger partial charge in [0.25, 0.3) is 0 Å². The van der Waals surface area contributed by atoms with Crippen LogP contribution in [-0.4, -0.2) is 48.0 Å². The molecule has 80 valence electrons. The van der Waals surface area contributed by atoms with Gasteiger partial charge in [0.2, 0.25) is 0 Å². The molecular weight excluding hydrogens is 190 g/mol. The van der Waals surface area contributed by atoms with Gasteiger partial charge < -0.3 is 19.7 Å². The maximum Gasteiger partial charge on any atom is 0.168 e. The van der Waals surface area contributed by atoms with Crippen molar-refractivity contribution in [3.63, 3.8) is 0 Å². The minimum Gasteiger partial charge on any atom is -0.390 e. The second-order valence-electron chi connectivity index (χ2n) is 3.12. The molecule has 1 fully saturated rings. The zero-order valence-corrected chi connectivity index (χ0v) is 7.94. The molecule has 0 aromatic carbocycles. The van der Waals surface area contributed by atoms with Crippen molar-refractivity contribution < 1.29 is 19.7 Å². The van der Waals surface area contributed by atoms with Crippen LogP contribution < -0.4 is 0 Å². The van der Waals surface area contributed by atoms with Crippen LogP contribution in [0.25, 0.3) is 10.4 Å². The Hall–Kier alpha value is -0.850. The van der Waals surface area contributed by atoms with Gasteiger partial charge in [-0.05, 0) is 12.5 Å². The predicted molar refractivity (Wildman–Crippen MR) is 46.3 cm³/mol. The lowest BCUT2D eigenvalue weighted by atomic mass is 9.98. The normalized spacial score (nSPS) is 43.0. The minimum absolute atomic E-state index is 0.555. The highest BCUT2D eigenvalue weighted by Crippen LogP contribution is 2.23. The molecule has 1 saturated heterocycles. The maximum atomic E-state index is 9.57. The molecule has 0 radical (unpaired) electrons. The number of nitrogens with zero attached hydrogens (tertiary/aromatic N) is 3. The van der Waals surface area contributed by atoms with E-state index in [0.717, 1.165) is 0 Å². The predicted octanol–water partition coefficient (Wildman–Crippen LogP) is -0.222. The van der Waals surface area contributed by atoms with Crippen LogP contribution in [0.1, 0.15) is 6.92 Å². The second kappa shape index (κ2) is 4.59. The van der Waals surface area contributed by atoms with Gasteiger partial charge in [-0.25, -0.2) is 0 Å². The summed E-state index contributed by atoms with van der Waals surface area (Å²) < 4.78 is 10.1. The highest BCUT2D eigenvalue weighted by atomic mass is 16.7. The van der Waals surface area contributed by atoms with Gasteiger partial charge in [0.05, 0.1) is 12.2 Å². The Morgan fingerprint density at radius 3 is 2.57 bits per heavy atom. The molecule has 0 amide bonds. The highest BCUT2D eigenvalue weighted by Gasteiger charge is 2.42. The van der Waals surface area contributed by atoms with Gasteiger partial charge in [0.15, 0.2) is 6.29 Å². The van der Waals surface area contributed by atoms with E-state index in [1.54, 1.807) is 6.92 Å². The van der Waals surface area contributed by atoms with Gasteiger partial charge in [-0.3, -0.25) is 0 Å². The van der Waals surface area contributed by atoms with E-state index in [2.05, 4.69) is 10.0 Å². The number of hydrogen-bond acceptors (Lipinski definition) is 5. The summed E-state index contributed by atoms with van der Waals surface area (Å²) in [6.07, 6.45) is -3.61. The van der Waals surface area contributed by atoms with Crippen molar-refractivity contribution in [1.82, 2.24) is 0 Å². The molecule has 7 nitrogen and oxygen atoms in total. The third-order valence-corrected chi connectivity index (χ3v) is 2.23. The first-order valence-electron chi connectivity index (χ1n) is 4.20. The van der Waals surface area contributed by atoms with E-state index in [1.165, 1.54) is 7.11 Å². The van der Waals surface area contributed by atoms with Gasteiger partial charge in [0.1, 0.15) is 12.1 Å². The number of azide groups is 1. The summed E-state index contributed by atoms with van der Waals surface area (Å²) in [5.41, 5.74) is 8.26. The molecule has 0 spiro atoms. The molecule has 1 aliphatic rings. The van der Waals surface area contributed by atoms with E-state index < -0.39 is 30.6 Å². The Morgan fingerprint density at radius 2 is 2.07 bits per heavy atom. The van der Waals surface area contributed by atoms with Crippen LogP contribution in [-0.2, 0) is 9.47 Å². The summed E-state index contributed by atoms with van der Waals surface area (Å²) in [7, 11) is 1.38. The van der Waals surface area contributed by atoms with Crippen molar-refractivity contribution in [2.75, 3.05) is 7.11 Å². The van der Waals surface area contributed by atoms with E-state index >= 15 is 0 Å². The van der Waals surface area contributed by atoms with Crippen LogP contribution in [0.4, 0.5) is 0 Å². The number of aliphatic hydroxyl groups is 2. The van der Waals surface area contributed by atoms with E-state index in [4.69, 9.17) is 15.0 Å². The Bertz CT molecular complexity index is 241. The summed E-state index contributed by atoms with van der Waals surface area (Å²) in [6.45, 7) is 1.60. The third-order valence-electron chi connectivity index (χ3n) is 2.23. The molecule has 1 rings (SSSR count). The largest absolute Gasteiger partial charge is 0.390 e. The van der Waals surface area contributed by atoms with Crippen LogP contribution in [0, 0.1) is 0 Å². The van der Waals surface area contributed by atoms with Gasteiger partial charge in [-0.2, -0.15) is 0 Å². The van der Waals surface area contributed by atoms with Gasteiger partial charge in [-0.15, -0.1) is 0 Å². The SMILES string of the molecule is CO[C@@H]1O[C@H](C)[C@H](O)[C@H](O)[C@H]1N=[N+]=[N-]. The van der Waals surface area contributed by atoms with Crippen molar-refractivity contribution in [1.29, 1.82) is 0 Å². The van der Waals surface area contributed by atoms with Crippen LogP contribution in [0.3, 0.4) is 0 Å². The highest BCUT2D eigenvalue weighted by molar-refractivity contribution is 4.91. The Labute approximate surface area is 80.9 Å². The standard InChI is InChI=1S/C7H13N3O4/c1-3-5(11)6(12)4(9-10-8)7(13-2)14-3/h3-7,11-12H,1-2H3/t3-,4-,5+,6-,7-/m1/s1. The molecule has 0 aromatic rings. The van der Waals surface area contributed by atoms with Crippen molar-refractivity contribution in [2.24, 2.45) is 5.11 Å². The summed E-state index contributed by atoms with van der Waals surface area (Å²) in [4.78, 5) is 2.56. The van der Waals surface area contributed by atoms with Gasteiger partial charge >= 0.3 is 0 Å². The topological polar surface area (TPSA) is 108 Å². The lowest BCUT2D eigenvalue weighted by molar-refractivity contribution is -0.246. The number of hydrogen-bond donors (Lipinski definition) is 2. The first-order valence-corrected chi connectivity index (χ1v) is 4.20. The first-order chi connectivity index (χ1) is 6.61. The molecule has 0 unspecified atom stereocenters. The monoisotopic (exact) mass is 203 g/mol. The third kappa shape index (κ3) is 1.97. The molecule has 0 aromatic heterocycles. The minimum atomic E-state index is -1.17. The molecule has 1 aliphatic heterocycles. The molecule has 5 atom stereocenters. The summed E-state index contributed by atoms with van der Waals surface area (Å²) in [5.74, 6) is 0. The fourth-order valence-corrected chi connectivity index (χ4v) is 1.39. The first kappa shape index (κ1) is 11.2. The molecule has 14 heavy (non-hydrogen) atoms. The molecule has 0 bridgehead atoms. The summed E-state index contributed by atoms with van der Waals surface area (Å²) in [5, 5.41) is 22.3. The zero-order chi connectivity index (χ0) is 10.7. The molecule has 0 aliphatic carbocycles. The van der Waals surface area contributed by atoms with Crippen LogP contribution >= 0.6 is 0 Å². The Kier molecular flexibility index (Phi) is 3.68. The fourth-order valence-electron chi connectivity index (χ4n) is 1.39. The lowest BCUT2D eigenvalue weighted by Gasteiger charge is -2.38. The molecular formula is C7H13N3O4. The molecule has 7 heteroatoms. The number of aliphatic hydroxyl groups excluding tert-OH is 2. The lowest BCUT2D eigenvalue weighted by Crippen LogP contribution is -2.56. The number of methoxy groups -OCH3 is 1. The summed E-state index contributed by atoms with van der Waals surface area (Å²) in [6, 6.07) is -0.920. The average Bonchev–Trinajstić information content (AvgIpc) is 2.19. The van der Waals surface area contributed by atoms with Crippen LogP contribution in [0.15, 0.2) is 5.11 Å². The van der Waals surface area contributed by atoms with E-state index in [9.17, 15) is 10.2 Å². The number of rotatable bonds is 2. The van der Waals surface area contributed by atoms with Crippen molar-refractivity contribution in [3.8, 4) is 0 Å². The average molecular weight is 203 g/mol. The maximum absolute atomic E-state index is 9.57. The van der Waals surface area contributed by atoms with Crippen molar-refractivity contribution in [2.45, 2.75) is 37.6 Å². The van der Waals surface area contributed by atoms with Crippen LogP contribution in [0.5, 0.6) is 0 Å². The smallest absolute Gasteiger partial charge is 0.168 e. The number of ether oxygens (including phenoxy) is 2. The molecule has 0 saturated carbocycles. The zero-order valence-electron chi connectivity index (χ0n) is 7.94. The van der Waals surface area contributed by atoms with E-state index in [-0.39, 0.29) is 0 Å². The van der Waals surface area contributed by atoms with Crippen molar-refractivity contribution in [3.05, 3.63) is 10.4 Å². The Morgan fingerprint density at radius 1 is 1.43 bits per heavy atom. The summed E-state index contributed by atoms with van der Waals surface area (Å²) >= 11 is 0. The van der Waals surface area contributed by atoms with Gasteiger partial charge in [-0.1, -0.05) is 5.11 Å². The van der Waals surface area contributed by atoms with E-state index in [1.807, 2.05) is 0 Å². The van der Waals surface area contributed by atoms with E-state index in [0.29, 0.717) is 0 Å². The fraction of sp³-hybridized carbons (Fsp3) is 1.00. The van der Waals surface area contributed by atoms with Crippen molar-refractivity contribution >= 4 is 0 Å². The van der Waals surface area contributed by atoms with Gasteiger partial charge in [0, 0.05) is 12.0 Å². The molecule has 2 N–H and O–H groups in total. The molecule has 1 heterocycles.